The first-order valence-electron chi connectivity index (χ1n) is 14.7. The lowest BCUT2D eigenvalue weighted by atomic mass is 9.84. The van der Waals surface area contributed by atoms with Crippen LogP contribution in [0, 0.1) is 19.8 Å². The molecule has 0 radical (unpaired) electrons. The van der Waals surface area contributed by atoms with Gasteiger partial charge >= 0.3 is 0 Å². The predicted molar refractivity (Wildman–Crippen MR) is 164 cm³/mol. The third-order valence-electron chi connectivity index (χ3n) is 7.71. The molecule has 4 rings (SSSR count). The van der Waals surface area contributed by atoms with Crippen molar-refractivity contribution in [1.29, 1.82) is 0 Å². The van der Waals surface area contributed by atoms with Gasteiger partial charge in [0, 0.05) is 24.3 Å². The lowest BCUT2D eigenvalue weighted by Crippen LogP contribution is -2.48. The van der Waals surface area contributed by atoms with Gasteiger partial charge in [0.25, 0.3) is 5.91 Å². The van der Waals surface area contributed by atoms with Crippen LogP contribution in [0.1, 0.15) is 65.6 Å². The zero-order valence-corrected chi connectivity index (χ0v) is 24.5. The largest absolute Gasteiger partial charge is 0.497 e. The predicted octanol–water partition coefficient (Wildman–Crippen LogP) is 6.19. The van der Waals surface area contributed by atoms with Crippen molar-refractivity contribution in [1.82, 2.24) is 10.6 Å². The van der Waals surface area contributed by atoms with Crippen molar-refractivity contribution in [3.8, 4) is 11.5 Å². The molecule has 3 aromatic carbocycles. The number of nitrogens with one attached hydrogen (secondary N) is 3. The van der Waals surface area contributed by atoms with Crippen LogP contribution in [0.4, 0.5) is 5.69 Å². The van der Waals surface area contributed by atoms with Gasteiger partial charge in [-0.2, -0.15) is 0 Å². The summed E-state index contributed by atoms with van der Waals surface area (Å²) in [5.41, 5.74) is 4.36. The minimum absolute atomic E-state index is 0.142. The summed E-state index contributed by atoms with van der Waals surface area (Å²) in [5.74, 6) is 1.64. The molecule has 1 aliphatic rings. The molecule has 7 nitrogen and oxygen atoms in total. The second-order valence-electron chi connectivity index (χ2n) is 10.9. The van der Waals surface area contributed by atoms with E-state index in [9.17, 15) is 9.59 Å². The molecule has 3 N–H and O–H groups in total. The molecule has 1 aliphatic carbocycles. The smallest absolute Gasteiger partial charge is 0.251 e. The van der Waals surface area contributed by atoms with E-state index in [0.717, 1.165) is 46.7 Å². The normalized spacial score (nSPS) is 14.1. The van der Waals surface area contributed by atoms with Gasteiger partial charge < -0.3 is 25.4 Å². The Morgan fingerprint density at radius 2 is 1.59 bits per heavy atom. The highest BCUT2D eigenvalue weighted by atomic mass is 16.5. The number of aryl methyl sites for hydroxylation is 2. The maximum Gasteiger partial charge on any atom is 0.251 e. The summed E-state index contributed by atoms with van der Waals surface area (Å²) in [5, 5.41) is 9.39. The van der Waals surface area contributed by atoms with Crippen molar-refractivity contribution in [2.24, 2.45) is 5.92 Å². The monoisotopic (exact) mass is 557 g/mol. The first-order valence-corrected chi connectivity index (χ1v) is 14.7. The van der Waals surface area contributed by atoms with E-state index in [1.165, 1.54) is 19.3 Å². The average Bonchev–Trinajstić information content (AvgIpc) is 2.99. The molecule has 0 aromatic heterocycles. The molecule has 0 heterocycles. The van der Waals surface area contributed by atoms with E-state index >= 15 is 0 Å². The van der Waals surface area contributed by atoms with Gasteiger partial charge in [-0.15, -0.1) is 0 Å². The molecule has 1 fully saturated rings. The van der Waals surface area contributed by atoms with Crippen LogP contribution in [0.2, 0.25) is 0 Å². The Bertz CT molecular complexity index is 1250. The second-order valence-corrected chi connectivity index (χ2v) is 10.9. The Morgan fingerprint density at radius 3 is 2.24 bits per heavy atom. The number of amides is 2. The van der Waals surface area contributed by atoms with E-state index in [4.69, 9.17) is 9.47 Å². The van der Waals surface area contributed by atoms with Crippen LogP contribution in [-0.4, -0.2) is 38.1 Å². The van der Waals surface area contributed by atoms with E-state index in [2.05, 4.69) is 16.0 Å². The molecule has 3 aromatic rings. The molecule has 2 amide bonds. The molecule has 0 aliphatic heterocycles. The zero-order valence-electron chi connectivity index (χ0n) is 24.5. The number of anilines is 1. The van der Waals surface area contributed by atoms with Crippen LogP contribution in [0.25, 0.3) is 0 Å². The Hall–Kier alpha value is -4.00. The van der Waals surface area contributed by atoms with Crippen molar-refractivity contribution < 1.29 is 19.1 Å². The van der Waals surface area contributed by atoms with Gasteiger partial charge in [-0.3, -0.25) is 9.59 Å². The minimum Gasteiger partial charge on any atom is -0.497 e. The highest BCUT2D eigenvalue weighted by Crippen LogP contribution is 2.28. The number of rotatable bonds is 13. The first-order chi connectivity index (χ1) is 19.9. The van der Waals surface area contributed by atoms with Crippen molar-refractivity contribution in [2.75, 3.05) is 25.5 Å². The standard InChI is InChI=1S/C34H43N3O4/c1-24-20-28(21-25(2)32(24)41-23-27-12-8-5-9-13-27)33(38)37-31(22-26-10-6-4-7-11-26)34(39)36-19-18-35-29-14-16-30(40-3)17-15-29/h5,8-9,12-17,20-21,26,31,35H,4,6-7,10-11,18-19,22-23H2,1-3H3,(H,36,39)(H,37,38)/t31-/m0/s1. The van der Waals surface area contributed by atoms with Crippen molar-refractivity contribution >= 4 is 17.5 Å². The van der Waals surface area contributed by atoms with Crippen LogP contribution < -0.4 is 25.4 Å². The van der Waals surface area contributed by atoms with Gasteiger partial charge in [-0.05, 0) is 79.3 Å². The Labute approximate surface area is 244 Å². The third-order valence-corrected chi connectivity index (χ3v) is 7.71. The summed E-state index contributed by atoms with van der Waals surface area (Å²) in [6.07, 6.45) is 6.46. The van der Waals surface area contributed by atoms with Crippen LogP contribution in [0.3, 0.4) is 0 Å². The van der Waals surface area contributed by atoms with Crippen molar-refractivity contribution in [2.45, 2.75) is 65.0 Å². The third kappa shape index (κ3) is 9.00. The van der Waals surface area contributed by atoms with Crippen LogP contribution >= 0.6 is 0 Å². The minimum atomic E-state index is -0.582. The molecule has 41 heavy (non-hydrogen) atoms. The lowest BCUT2D eigenvalue weighted by Gasteiger charge is -2.27. The van der Waals surface area contributed by atoms with Gasteiger partial charge in [0.2, 0.25) is 5.91 Å². The molecular weight excluding hydrogens is 514 g/mol. The zero-order chi connectivity index (χ0) is 29.0. The van der Waals surface area contributed by atoms with Crippen LogP contribution in [0.15, 0.2) is 66.7 Å². The number of methoxy groups -OCH3 is 1. The number of hydrogen-bond donors (Lipinski definition) is 3. The van der Waals surface area contributed by atoms with E-state index in [1.54, 1.807) is 7.11 Å². The molecular formula is C34H43N3O4. The molecule has 1 saturated carbocycles. The molecule has 7 heteroatoms. The number of ether oxygens (including phenoxy) is 2. The van der Waals surface area contributed by atoms with Crippen LogP contribution in [0.5, 0.6) is 11.5 Å². The van der Waals surface area contributed by atoms with Gasteiger partial charge in [0.15, 0.2) is 0 Å². The Morgan fingerprint density at radius 1 is 0.902 bits per heavy atom. The average molecular weight is 558 g/mol. The van der Waals surface area contributed by atoms with Gasteiger partial charge in [-0.1, -0.05) is 62.4 Å². The summed E-state index contributed by atoms with van der Waals surface area (Å²) >= 11 is 0. The van der Waals surface area contributed by atoms with Crippen molar-refractivity contribution in [3.05, 3.63) is 89.0 Å². The molecule has 1 atom stereocenters. The second kappa shape index (κ2) is 15.1. The molecule has 0 bridgehead atoms. The summed E-state index contributed by atoms with van der Waals surface area (Å²) in [4.78, 5) is 26.7. The summed E-state index contributed by atoms with van der Waals surface area (Å²) < 4.78 is 11.3. The quantitative estimate of drug-likeness (QED) is 0.218. The maximum atomic E-state index is 13.4. The van der Waals surface area contributed by atoms with Crippen molar-refractivity contribution in [3.63, 3.8) is 0 Å². The SMILES string of the molecule is COc1ccc(NCCNC(=O)[C@H](CC2CCCCC2)NC(=O)c2cc(C)c(OCc3ccccc3)c(C)c2)cc1. The highest BCUT2D eigenvalue weighted by molar-refractivity contribution is 5.98. The first kappa shape index (κ1) is 30.0. The topological polar surface area (TPSA) is 88.7 Å². The van der Waals surface area contributed by atoms with E-state index in [1.807, 2.05) is 80.6 Å². The fourth-order valence-corrected chi connectivity index (χ4v) is 5.49. The summed E-state index contributed by atoms with van der Waals surface area (Å²) in [6.45, 7) is 5.39. The van der Waals surface area contributed by atoms with E-state index in [0.29, 0.717) is 37.6 Å². The number of carbonyl (C=O) groups is 2. The number of hydrogen-bond acceptors (Lipinski definition) is 5. The van der Waals surface area contributed by atoms with E-state index < -0.39 is 6.04 Å². The molecule has 218 valence electrons. The van der Waals surface area contributed by atoms with Crippen LogP contribution in [-0.2, 0) is 11.4 Å². The number of carbonyl (C=O) groups excluding carboxylic acids is 2. The summed E-state index contributed by atoms with van der Waals surface area (Å²) in [7, 11) is 1.64. The molecule has 0 unspecified atom stereocenters. The molecule has 0 saturated heterocycles. The summed E-state index contributed by atoms with van der Waals surface area (Å²) in [6, 6.07) is 20.8. The Kier molecular flexibility index (Phi) is 11.1. The van der Waals surface area contributed by atoms with Gasteiger partial charge in [0.1, 0.15) is 24.1 Å². The fraction of sp³-hybridized carbons (Fsp3) is 0.412. The molecule has 0 spiro atoms. The Balaban J connectivity index is 1.36. The number of benzene rings is 3. The van der Waals surface area contributed by atoms with E-state index in [-0.39, 0.29) is 11.8 Å². The van der Waals surface area contributed by atoms with Gasteiger partial charge in [-0.25, -0.2) is 0 Å². The maximum absolute atomic E-state index is 13.4. The lowest BCUT2D eigenvalue weighted by molar-refractivity contribution is -0.123. The van der Waals surface area contributed by atoms with Gasteiger partial charge in [0.05, 0.1) is 7.11 Å². The fourth-order valence-electron chi connectivity index (χ4n) is 5.49. The highest BCUT2D eigenvalue weighted by Gasteiger charge is 2.26.